The highest BCUT2D eigenvalue weighted by molar-refractivity contribution is 5.78. The van der Waals surface area contributed by atoms with Crippen LogP contribution < -0.4 is 5.32 Å². The van der Waals surface area contributed by atoms with Crippen molar-refractivity contribution in [1.29, 1.82) is 0 Å². The fourth-order valence-corrected chi connectivity index (χ4v) is 2.60. The van der Waals surface area contributed by atoms with Crippen molar-refractivity contribution in [2.45, 2.75) is 52.1 Å². The van der Waals surface area contributed by atoms with E-state index in [0.717, 1.165) is 11.1 Å². The zero-order valence-corrected chi connectivity index (χ0v) is 14.7. The number of rotatable bonds is 8. The first-order chi connectivity index (χ1) is 11.9. The molecule has 2 rings (SSSR count). The molecule has 1 heterocycles. The van der Waals surface area contributed by atoms with E-state index in [1.165, 1.54) is 4.80 Å². The molecule has 8 nitrogen and oxygen atoms in total. The van der Waals surface area contributed by atoms with Crippen LogP contribution in [-0.4, -0.2) is 42.7 Å². The molecule has 0 bridgehead atoms. The number of aryl methyl sites for hydroxylation is 1. The number of aromatic nitrogens is 4. The number of tetrazole rings is 1. The smallest absolute Gasteiger partial charge is 0.305 e. The van der Waals surface area contributed by atoms with Crippen LogP contribution in [0.4, 0.5) is 0 Å². The van der Waals surface area contributed by atoms with Crippen molar-refractivity contribution < 1.29 is 14.7 Å². The molecule has 134 valence electrons. The molecule has 1 aromatic heterocycles. The van der Waals surface area contributed by atoms with E-state index in [0.29, 0.717) is 18.7 Å². The first kappa shape index (κ1) is 18.6. The number of amides is 1. The van der Waals surface area contributed by atoms with Crippen molar-refractivity contribution in [3.63, 3.8) is 0 Å². The van der Waals surface area contributed by atoms with Crippen LogP contribution in [0.2, 0.25) is 0 Å². The Morgan fingerprint density at radius 2 is 1.84 bits per heavy atom. The van der Waals surface area contributed by atoms with E-state index in [1.807, 2.05) is 45.0 Å². The lowest BCUT2D eigenvalue weighted by molar-refractivity contribution is -0.139. The van der Waals surface area contributed by atoms with E-state index in [9.17, 15) is 9.59 Å². The topological polar surface area (TPSA) is 110 Å². The first-order valence-corrected chi connectivity index (χ1v) is 8.25. The number of nitrogens with one attached hydrogen (secondary N) is 1. The molecule has 8 heteroatoms. The number of hydrogen-bond donors (Lipinski definition) is 2. The minimum absolute atomic E-state index is 0.111. The number of carbonyl (C=O) groups is 2. The maximum absolute atomic E-state index is 12.3. The molecule has 0 atom stereocenters. The molecule has 0 saturated heterocycles. The standard InChI is InChI=1S/C17H23N5O3/c1-4-17(5-2,10-15(24)25)18-14(23)11-22-20-16(19-21-22)13-8-6-12(3)7-9-13/h6-9H,4-5,10-11H2,1-3H3,(H,18,23)(H,24,25). The number of benzene rings is 1. The second-order valence-electron chi connectivity index (χ2n) is 6.12. The number of carbonyl (C=O) groups excluding carboxylic acids is 1. The molecule has 1 aromatic carbocycles. The van der Waals surface area contributed by atoms with Gasteiger partial charge in [-0.05, 0) is 25.0 Å². The van der Waals surface area contributed by atoms with Crippen LogP contribution in [0.1, 0.15) is 38.7 Å². The molecule has 1 amide bonds. The molecular formula is C17H23N5O3. The fraction of sp³-hybridized carbons (Fsp3) is 0.471. The first-order valence-electron chi connectivity index (χ1n) is 8.25. The summed E-state index contributed by atoms with van der Waals surface area (Å²) in [6, 6.07) is 7.68. The van der Waals surface area contributed by atoms with Crippen LogP contribution in [0.3, 0.4) is 0 Å². The van der Waals surface area contributed by atoms with Gasteiger partial charge in [-0.25, -0.2) is 0 Å². The third-order valence-corrected chi connectivity index (χ3v) is 4.30. The zero-order valence-electron chi connectivity index (χ0n) is 14.7. The predicted molar refractivity (Wildman–Crippen MR) is 91.7 cm³/mol. The molecule has 0 aliphatic rings. The monoisotopic (exact) mass is 345 g/mol. The van der Waals surface area contributed by atoms with E-state index in [4.69, 9.17) is 5.11 Å². The Bertz CT molecular complexity index is 735. The lowest BCUT2D eigenvalue weighted by Crippen LogP contribution is -2.50. The van der Waals surface area contributed by atoms with Crippen molar-refractivity contribution in [1.82, 2.24) is 25.5 Å². The molecule has 0 radical (unpaired) electrons. The van der Waals surface area contributed by atoms with Gasteiger partial charge >= 0.3 is 5.97 Å². The van der Waals surface area contributed by atoms with Gasteiger partial charge in [-0.15, -0.1) is 10.2 Å². The zero-order chi connectivity index (χ0) is 18.4. The normalized spacial score (nSPS) is 11.3. The summed E-state index contributed by atoms with van der Waals surface area (Å²) in [5, 5.41) is 24.0. The van der Waals surface area contributed by atoms with Gasteiger partial charge in [-0.2, -0.15) is 4.80 Å². The molecule has 0 unspecified atom stereocenters. The number of hydrogen-bond acceptors (Lipinski definition) is 5. The van der Waals surface area contributed by atoms with Gasteiger partial charge in [0.05, 0.1) is 12.0 Å². The Morgan fingerprint density at radius 3 is 2.40 bits per heavy atom. The van der Waals surface area contributed by atoms with Gasteiger partial charge in [-0.1, -0.05) is 43.7 Å². The van der Waals surface area contributed by atoms with Crippen molar-refractivity contribution >= 4 is 11.9 Å². The molecule has 0 fully saturated rings. The summed E-state index contributed by atoms with van der Waals surface area (Å²) in [5.74, 6) is -0.835. The van der Waals surface area contributed by atoms with Crippen molar-refractivity contribution in [3.05, 3.63) is 29.8 Å². The summed E-state index contributed by atoms with van der Waals surface area (Å²) >= 11 is 0. The van der Waals surface area contributed by atoms with Gasteiger partial charge in [0.2, 0.25) is 11.7 Å². The highest BCUT2D eigenvalue weighted by Gasteiger charge is 2.31. The summed E-state index contributed by atoms with van der Waals surface area (Å²) in [7, 11) is 0. The maximum Gasteiger partial charge on any atom is 0.305 e. The molecule has 25 heavy (non-hydrogen) atoms. The van der Waals surface area contributed by atoms with Crippen LogP contribution in [0, 0.1) is 6.92 Å². The molecule has 2 aromatic rings. The summed E-state index contributed by atoms with van der Waals surface area (Å²) in [6.07, 6.45) is 0.938. The summed E-state index contributed by atoms with van der Waals surface area (Å²) in [4.78, 5) is 24.6. The van der Waals surface area contributed by atoms with E-state index >= 15 is 0 Å². The van der Waals surface area contributed by atoms with Gasteiger partial charge < -0.3 is 10.4 Å². The average molecular weight is 345 g/mol. The lowest BCUT2D eigenvalue weighted by Gasteiger charge is -2.31. The molecule has 0 spiro atoms. The van der Waals surface area contributed by atoms with Gasteiger partial charge in [0.15, 0.2) is 0 Å². The van der Waals surface area contributed by atoms with Gasteiger partial charge in [-0.3, -0.25) is 9.59 Å². The summed E-state index contributed by atoms with van der Waals surface area (Å²) in [5.41, 5.74) is 1.19. The SMILES string of the molecule is CCC(CC)(CC(=O)O)NC(=O)Cn1nnc(-c2ccc(C)cc2)n1. The highest BCUT2D eigenvalue weighted by Crippen LogP contribution is 2.20. The van der Waals surface area contributed by atoms with Gasteiger partial charge in [0.25, 0.3) is 0 Å². The second-order valence-corrected chi connectivity index (χ2v) is 6.12. The van der Waals surface area contributed by atoms with Crippen molar-refractivity contribution in [3.8, 4) is 11.4 Å². The van der Waals surface area contributed by atoms with Gasteiger partial charge in [0.1, 0.15) is 6.54 Å². The predicted octanol–water partition coefficient (Wildman–Crippen LogP) is 1.80. The molecule has 2 N–H and O–H groups in total. The molecule has 0 aliphatic heterocycles. The van der Waals surface area contributed by atoms with Crippen LogP contribution in [-0.2, 0) is 16.1 Å². The number of carboxylic acid groups (broad SMARTS) is 1. The van der Waals surface area contributed by atoms with Crippen LogP contribution in [0.25, 0.3) is 11.4 Å². The molecular weight excluding hydrogens is 322 g/mol. The highest BCUT2D eigenvalue weighted by atomic mass is 16.4. The average Bonchev–Trinajstić information content (AvgIpc) is 3.02. The van der Waals surface area contributed by atoms with Crippen LogP contribution in [0.5, 0.6) is 0 Å². The van der Waals surface area contributed by atoms with Crippen LogP contribution in [0.15, 0.2) is 24.3 Å². The Hall–Kier alpha value is -2.77. The quantitative estimate of drug-likeness (QED) is 0.755. The minimum Gasteiger partial charge on any atom is -0.481 e. The minimum atomic E-state index is -0.940. The fourth-order valence-electron chi connectivity index (χ4n) is 2.60. The van der Waals surface area contributed by atoms with Crippen molar-refractivity contribution in [2.24, 2.45) is 0 Å². The number of aliphatic carboxylic acids is 1. The van der Waals surface area contributed by atoms with E-state index in [1.54, 1.807) is 0 Å². The van der Waals surface area contributed by atoms with E-state index < -0.39 is 11.5 Å². The Labute approximate surface area is 146 Å². The largest absolute Gasteiger partial charge is 0.481 e. The molecule has 0 aliphatic carbocycles. The van der Waals surface area contributed by atoms with Crippen LogP contribution >= 0.6 is 0 Å². The van der Waals surface area contributed by atoms with E-state index in [-0.39, 0.29) is 18.9 Å². The number of nitrogens with zero attached hydrogens (tertiary/aromatic N) is 4. The summed E-state index contributed by atoms with van der Waals surface area (Å²) in [6.45, 7) is 5.59. The Morgan fingerprint density at radius 1 is 1.20 bits per heavy atom. The molecule has 0 saturated carbocycles. The lowest BCUT2D eigenvalue weighted by atomic mass is 9.89. The maximum atomic E-state index is 12.3. The third-order valence-electron chi connectivity index (χ3n) is 4.30. The Kier molecular flexibility index (Phi) is 5.84. The Balaban J connectivity index is 2.05. The third kappa shape index (κ3) is 4.85. The second kappa shape index (κ2) is 7.87. The van der Waals surface area contributed by atoms with E-state index in [2.05, 4.69) is 20.7 Å². The van der Waals surface area contributed by atoms with Crippen molar-refractivity contribution in [2.75, 3.05) is 0 Å². The number of carboxylic acids is 1. The van der Waals surface area contributed by atoms with Gasteiger partial charge in [0, 0.05) is 5.56 Å². The summed E-state index contributed by atoms with van der Waals surface area (Å²) < 4.78 is 0.